The number of carbonyl (C=O) groups excluding carboxylic acids is 1. The van der Waals surface area contributed by atoms with E-state index in [2.05, 4.69) is 15.5 Å². The van der Waals surface area contributed by atoms with Gasteiger partial charge in [0.25, 0.3) is 0 Å². The molecule has 30 heavy (non-hydrogen) atoms. The molecule has 0 unspecified atom stereocenters. The van der Waals surface area contributed by atoms with Crippen LogP contribution in [-0.4, -0.2) is 40.6 Å². The minimum absolute atomic E-state index is 0.102. The molecule has 1 aliphatic heterocycles. The van der Waals surface area contributed by atoms with Crippen molar-refractivity contribution in [2.24, 2.45) is 0 Å². The second-order valence-corrected chi connectivity index (χ2v) is 7.53. The highest BCUT2D eigenvalue weighted by atomic mass is 19.1. The number of nitrogens with one attached hydrogen (secondary N) is 1. The molecule has 2 heterocycles. The Morgan fingerprint density at radius 3 is 2.73 bits per heavy atom. The Labute approximate surface area is 172 Å². The van der Waals surface area contributed by atoms with Crippen LogP contribution in [0.25, 0.3) is 11.4 Å². The maximum atomic E-state index is 13.6. The summed E-state index contributed by atoms with van der Waals surface area (Å²) in [6.45, 7) is 3.33. The molecular formula is C22H22F2N4O2. The lowest BCUT2D eigenvalue weighted by Crippen LogP contribution is -2.38. The molecule has 1 saturated heterocycles. The van der Waals surface area contributed by atoms with E-state index in [0.29, 0.717) is 41.6 Å². The Hall–Kier alpha value is -3.13. The van der Waals surface area contributed by atoms with E-state index in [1.807, 2.05) is 4.90 Å². The summed E-state index contributed by atoms with van der Waals surface area (Å²) < 4.78 is 32.4. The molecule has 0 bridgehead atoms. The average molecular weight is 412 g/mol. The average Bonchev–Trinajstić information content (AvgIpc) is 3.22. The quantitative estimate of drug-likeness (QED) is 0.682. The van der Waals surface area contributed by atoms with E-state index >= 15 is 0 Å². The number of hydrogen-bond acceptors (Lipinski definition) is 5. The van der Waals surface area contributed by atoms with E-state index in [4.69, 9.17) is 4.52 Å². The molecule has 6 nitrogen and oxygen atoms in total. The zero-order valence-electron chi connectivity index (χ0n) is 16.6. The highest BCUT2D eigenvalue weighted by Gasteiger charge is 2.26. The van der Waals surface area contributed by atoms with Crippen LogP contribution in [0.3, 0.4) is 0 Å². The normalized spacial score (nSPS) is 15.3. The molecule has 0 spiro atoms. The standard InChI is InChI=1S/C22H22F2N4O2/c1-14-5-6-18(12-19(14)24)25-20(29)13-28-9-7-15(8-10-28)22-26-21(27-30-22)16-3-2-4-17(23)11-16/h2-6,11-12,15H,7-10,13H2,1H3,(H,25,29). The van der Waals surface area contributed by atoms with Crippen molar-refractivity contribution < 1.29 is 18.1 Å². The number of piperidine rings is 1. The van der Waals surface area contributed by atoms with Gasteiger partial charge in [0.2, 0.25) is 17.6 Å². The Morgan fingerprint density at radius 2 is 2.00 bits per heavy atom. The molecule has 1 aromatic heterocycles. The van der Waals surface area contributed by atoms with Gasteiger partial charge in [-0.1, -0.05) is 23.4 Å². The molecule has 0 aliphatic carbocycles. The van der Waals surface area contributed by atoms with Gasteiger partial charge in [0.15, 0.2) is 0 Å². The van der Waals surface area contributed by atoms with Crippen molar-refractivity contribution in [1.82, 2.24) is 15.0 Å². The first-order valence-electron chi connectivity index (χ1n) is 9.86. The van der Waals surface area contributed by atoms with Crippen LogP contribution in [0.5, 0.6) is 0 Å². The summed E-state index contributed by atoms with van der Waals surface area (Å²) in [6, 6.07) is 10.7. The summed E-state index contributed by atoms with van der Waals surface area (Å²) in [4.78, 5) is 18.7. The van der Waals surface area contributed by atoms with Crippen LogP contribution < -0.4 is 5.32 Å². The maximum absolute atomic E-state index is 13.6. The third-order valence-corrected chi connectivity index (χ3v) is 5.28. The van der Waals surface area contributed by atoms with Crippen LogP contribution in [0.1, 0.15) is 30.2 Å². The number of aromatic nitrogens is 2. The molecule has 0 saturated carbocycles. The van der Waals surface area contributed by atoms with Crippen molar-refractivity contribution in [2.45, 2.75) is 25.7 Å². The summed E-state index contributed by atoms with van der Waals surface area (Å²) in [5, 5.41) is 6.70. The van der Waals surface area contributed by atoms with E-state index in [1.54, 1.807) is 31.2 Å². The van der Waals surface area contributed by atoms with Gasteiger partial charge in [0.05, 0.1) is 6.54 Å². The van der Waals surface area contributed by atoms with Crippen molar-refractivity contribution >= 4 is 11.6 Å². The van der Waals surface area contributed by atoms with E-state index in [-0.39, 0.29) is 30.0 Å². The molecule has 0 radical (unpaired) electrons. The SMILES string of the molecule is Cc1ccc(NC(=O)CN2CCC(c3nc(-c4cccc(F)c4)no3)CC2)cc1F. The van der Waals surface area contributed by atoms with Crippen LogP contribution in [0.4, 0.5) is 14.5 Å². The van der Waals surface area contributed by atoms with Gasteiger partial charge in [0, 0.05) is 17.2 Å². The van der Waals surface area contributed by atoms with Gasteiger partial charge in [-0.05, 0) is 62.7 Å². The molecule has 1 fully saturated rings. The van der Waals surface area contributed by atoms with Crippen molar-refractivity contribution in [2.75, 3.05) is 25.0 Å². The van der Waals surface area contributed by atoms with Crippen molar-refractivity contribution in [3.05, 3.63) is 65.6 Å². The van der Waals surface area contributed by atoms with E-state index in [0.717, 1.165) is 12.8 Å². The van der Waals surface area contributed by atoms with Crippen molar-refractivity contribution in [3.8, 4) is 11.4 Å². The lowest BCUT2D eigenvalue weighted by molar-refractivity contribution is -0.117. The second-order valence-electron chi connectivity index (χ2n) is 7.53. The van der Waals surface area contributed by atoms with E-state index in [9.17, 15) is 13.6 Å². The van der Waals surface area contributed by atoms with E-state index < -0.39 is 0 Å². The minimum atomic E-state index is -0.348. The van der Waals surface area contributed by atoms with Gasteiger partial charge < -0.3 is 9.84 Å². The molecule has 2 aromatic carbocycles. The largest absolute Gasteiger partial charge is 0.339 e. The predicted molar refractivity (Wildman–Crippen MR) is 108 cm³/mol. The lowest BCUT2D eigenvalue weighted by atomic mass is 9.97. The number of amides is 1. The zero-order chi connectivity index (χ0) is 21.1. The highest BCUT2D eigenvalue weighted by molar-refractivity contribution is 5.92. The summed E-state index contributed by atoms with van der Waals surface area (Å²) in [7, 11) is 0. The minimum Gasteiger partial charge on any atom is -0.339 e. The van der Waals surface area contributed by atoms with Gasteiger partial charge in [-0.15, -0.1) is 0 Å². The van der Waals surface area contributed by atoms with Crippen LogP contribution in [0.2, 0.25) is 0 Å². The number of rotatable bonds is 5. The first-order chi connectivity index (χ1) is 14.5. The molecule has 4 rings (SSSR count). The number of benzene rings is 2. The number of hydrogen-bond donors (Lipinski definition) is 1. The fourth-order valence-electron chi connectivity index (χ4n) is 3.56. The van der Waals surface area contributed by atoms with Crippen LogP contribution in [-0.2, 0) is 4.79 Å². The van der Waals surface area contributed by atoms with E-state index in [1.165, 1.54) is 18.2 Å². The molecule has 156 valence electrons. The molecule has 1 N–H and O–H groups in total. The van der Waals surface area contributed by atoms with Gasteiger partial charge in [-0.3, -0.25) is 9.69 Å². The number of aryl methyl sites for hydroxylation is 1. The zero-order valence-corrected chi connectivity index (χ0v) is 16.6. The summed E-state index contributed by atoms with van der Waals surface area (Å²) in [6.07, 6.45) is 1.55. The number of halogens is 2. The second kappa shape index (κ2) is 8.71. The molecule has 3 aromatic rings. The third kappa shape index (κ3) is 4.71. The Bertz CT molecular complexity index is 1050. The van der Waals surface area contributed by atoms with Crippen LogP contribution in [0.15, 0.2) is 47.0 Å². The fourth-order valence-corrected chi connectivity index (χ4v) is 3.56. The van der Waals surface area contributed by atoms with Crippen molar-refractivity contribution in [1.29, 1.82) is 0 Å². The monoisotopic (exact) mass is 412 g/mol. The summed E-state index contributed by atoms with van der Waals surface area (Å²) >= 11 is 0. The third-order valence-electron chi connectivity index (χ3n) is 5.28. The first-order valence-corrected chi connectivity index (χ1v) is 9.86. The number of nitrogens with zero attached hydrogens (tertiary/aromatic N) is 3. The molecule has 1 aliphatic rings. The van der Waals surface area contributed by atoms with Crippen molar-refractivity contribution in [3.63, 3.8) is 0 Å². The highest BCUT2D eigenvalue weighted by Crippen LogP contribution is 2.28. The summed E-state index contributed by atoms with van der Waals surface area (Å²) in [5.74, 6) is 0.142. The van der Waals surface area contributed by atoms with Gasteiger partial charge >= 0.3 is 0 Å². The molecule has 0 atom stereocenters. The predicted octanol–water partition coefficient (Wildman–Crippen LogP) is 4.14. The van der Waals surface area contributed by atoms with Gasteiger partial charge in [0.1, 0.15) is 11.6 Å². The Morgan fingerprint density at radius 1 is 1.20 bits per heavy atom. The molecular weight excluding hydrogens is 390 g/mol. The topological polar surface area (TPSA) is 71.3 Å². The maximum Gasteiger partial charge on any atom is 0.238 e. The number of carbonyl (C=O) groups is 1. The van der Waals surface area contributed by atoms with Gasteiger partial charge in [-0.25, -0.2) is 8.78 Å². The Balaban J connectivity index is 1.30. The number of anilines is 1. The smallest absolute Gasteiger partial charge is 0.238 e. The fraction of sp³-hybridized carbons (Fsp3) is 0.318. The molecule has 8 heteroatoms. The summed E-state index contributed by atoms with van der Waals surface area (Å²) in [5.41, 5.74) is 1.57. The van der Waals surface area contributed by atoms with Crippen LogP contribution in [0, 0.1) is 18.6 Å². The van der Waals surface area contributed by atoms with Gasteiger partial charge in [-0.2, -0.15) is 4.98 Å². The first kappa shape index (κ1) is 20.2. The Kier molecular flexibility index (Phi) is 5.85. The molecule has 1 amide bonds. The lowest BCUT2D eigenvalue weighted by Gasteiger charge is -2.29. The van der Waals surface area contributed by atoms with Crippen LogP contribution >= 0.6 is 0 Å². The number of likely N-dealkylation sites (tertiary alicyclic amines) is 1.